The molecule has 0 spiro atoms. The average Bonchev–Trinajstić information content (AvgIpc) is 3.02. The Morgan fingerprint density at radius 2 is 1.76 bits per heavy atom. The van der Waals surface area contributed by atoms with Gasteiger partial charge < -0.3 is 4.74 Å². The zero-order chi connectivity index (χ0) is 21.0. The number of carbonyl (C=O) groups excluding carboxylic acids is 1. The van der Waals surface area contributed by atoms with E-state index in [-0.39, 0.29) is 12.5 Å². The minimum absolute atomic E-state index is 0.0285. The molecule has 3 aromatic rings. The monoisotopic (exact) mass is 402 g/mol. The van der Waals surface area contributed by atoms with Crippen molar-refractivity contribution in [3.63, 3.8) is 0 Å². The molecule has 0 fully saturated rings. The van der Waals surface area contributed by atoms with Gasteiger partial charge in [0, 0.05) is 11.3 Å². The van der Waals surface area contributed by atoms with Crippen molar-refractivity contribution < 1.29 is 22.7 Å². The SMILES string of the molecule is CCOC(=O)Cn1ncc(-c2ccccc2Cc2ccc(C(F)(F)F)cc2)c1C. The van der Waals surface area contributed by atoms with Crippen LogP contribution >= 0.6 is 0 Å². The minimum Gasteiger partial charge on any atom is -0.465 e. The second kappa shape index (κ2) is 8.51. The molecule has 0 radical (unpaired) electrons. The number of aromatic nitrogens is 2. The van der Waals surface area contributed by atoms with Crippen LogP contribution < -0.4 is 0 Å². The van der Waals surface area contributed by atoms with E-state index in [1.165, 1.54) is 12.1 Å². The Kier molecular flexibility index (Phi) is 6.06. The molecular weight excluding hydrogens is 381 g/mol. The highest BCUT2D eigenvalue weighted by Crippen LogP contribution is 2.31. The number of halogens is 3. The lowest BCUT2D eigenvalue weighted by Gasteiger charge is -2.11. The quantitative estimate of drug-likeness (QED) is 0.543. The molecule has 4 nitrogen and oxygen atoms in total. The smallest absolute Gasteiger partial charge is 0.416 e. The molecule has 3 rings (SSSR count). The van der Waals surface area contributed by atoms with Crippen LogP contribution in [-0.2, 0) is 28.7 Å². The maximum Gasteiger partial charge on any atom is 0.416 e. The highest BCUT2D eigenvalue weighted by molar-refractivity contribution is 5.72. The molecular formula is C22H21F3N2O2. The van der Waals surface area contributed by atoms with Gasteiger partial charge in [0.1, 0.15) is 6.54 Å². The molecule has 0 aliphatic rings. The van der Waals surface area contributed by atoms with E-state index in [4.69, 9.17) is 4.74 Å². The summed E-state index contributed by atoms with van der Waals surface area (Å²) < 4.78 is 44.9. The Labute approximate surface area is 166 Å². The fourth-order valence-corrected chi connectivity index (χ4v) is 3.17. The number of ether oxygens (including phenoxy) is 1. The highest BCUT2D eigenvalue weighted by Gasteiger charge is 2.29. The molecule has 0 aliphatic heterocycles. The third-order valence-corrected chi connectivity index (χ3v) is 4.67. The third kappa shape index (κ3) is 4.85. The number of hydrogen-bond donors (Lipinski definition) is 0. The van der Waals surface area contributed by atoms with E-state index in [1.807, 2.05) is 31.2 Å². The predicted molar refractivity (Wildman–Crippen MR) is 103 cm³/mol. The Balaban J connectivity index is 1.86. The van der Waals surface area contributed by atoms with Crippen LogP contribution in [0.3, 0.4) is 0 Å². The first-order valence-corrected chi connectivity index (χ1v) is 9.22. The first kappa shape index (κ1) is 20.6. The lowest BCUT2D eigenvalue weighted by atomic mass is 9.95. The van der Waals surface area contributed by atoms with Gasteiger partial charge in [0.25, 0.3) is 0 Å². The number of hydrogen-bond acceptors (Lipinski definition) is 3. The van der Waals surface area contributed by atoms with Gasteiger partial charge in [-0.05, 0) is 49.1 Å². The summed E-state index contributed by atoms with van der Waals surface area (Å²) >= 11 is 0. The van der Waals surface area contributed by atoms with Crippen molar-refractivity contribution in [3.8, 4) is 11.1 Å². The van der Waals surface area contributed by atoms with Crippen molar-refractivity contribution >= 4 is 5.97 Å². The Bertz CT molecular complexity index is 992. The molecule has 0 bridgehead atoms. The van der Waals surface area contributed by atoms with Gasteiger partial charge in [0.2, 0.25) is 0 Å². The van der Waals surface area contributed by atoms with Crippen molar-refractivity contribution in [3.05, 3.63) is 77.1 Å². The molecule has 7 heteroatoms. The summed E-state index contributed by atoms with van der Waals surface area (Å²) in [7, 11) is 0. The Morgan fingerprint density at radius 3 is 2.41 bits per heavy atom. The molecule has 2 aromatic carbocycles. The Morgan fingerprint density at radius 1 is 1.07 bits per heavy atom. The van der Waals surface area contributed by atoms with Crippen LogP contribution in [0.2, 0.25) is 0 Å². The number of benzene rings is 2. The van der Waals surface area contributed by atoms with Crippen molar-refractivity contribution in [1.29, 1.82) is 0 Å². The fourth-order valence-electron chi connectivity index (χ4n) is 3.17. The molecule has 0 saturated heterocycles. The molecule has 0 unspecified atom stereocenters. The van der Waals surface area contributed by atoms with Gasteiger partial charge in [-0.2, -0.15) is 18.3 Å². The van der Waals surface area contributed by atoms with Crippen LogP contribution in [0, 0.1) is 6.92 Å². The van der Waals surface area contributed by atoms with Gasteiger partial charge in [0.05, 0.1) is 18.4 Å². The molecule has 29 heavy (non-hydrogen) atoms. The highest BCUT2D eigenvalue weighted by atomic mass is 19.4. The fraction of sp³-hybridized carbons (Fsp3) is 0.273. The first-order valence-electron chi connectivity index (χ1n) is 9.22. The van der Waals surface area contributed by atoms with Crippen LogP contribution in [0.5, 0.6) is 0 Å². The lowest BCUT2D eigenvalue weighted by Crippen LogP contribution is -2.15. The molecule has 0 N–H and O–H groups in total. The van der Waals surface area contributed by atoms with Crippen molar-refractivity contribution in [2.24, 2.45) is 0 Å². The zero-order valence-corrected chi connectivity index (χ0v) is 16.2. The standard InChI is InChI=1S/C22H21F3N2O2/c1-3-29-21(28)14-27-15(2)20(13-26-27)19-7-5-4-6-17(19)12-16-8-10-18(11-9-16)22(23,24)25/h4-11,13H,3,12,14H2,1-2H3. The maximum absolute atomic E-state index is 12.8. The van der Waals surface area contributed by atoms with Crippen molar-refractivity contribution in [2.45, 2.75) is 33.0 Å². The van der Waals surface area contributed by atoms with E-state index in [9.17, 15) is 18.0 Å². The lowest BCUT2D eigenvalue weighted by molar-refractivity contribution is -0.144. The van der Waals surface area contributed by atoms with E-state index >= 15 is 0 Å². The summed E-state index contributed by atoms with van der Waals surface area (Å²) in [4.78, 5) is 11.8. The number of esters is 1. The van der Waals surface area contributed by atoms with Gasteiger partial charge in [-0.25, -0.2) is 0 Å². The number of alkyl halides is 3. The normalized spacial score (nSPS) is 11.5. The summed E-state index contributed by atoms with van der Waals surface area (Å²) in [5.41, 5.74) is 3.70. The number of carbonyl (C=O) groups is 1. The van der Waals surface area contributed by atoms with Gasteiger partial charge >= 0.3 is 12.1 Å². The van der Waals surface area contributed by atoms with Crippen molar-refractivity contribution in [2.75, 3.05) is 6.61 Å². The Hall–Kier alpha value is -3.09. The van der Waals surface area contributed by atoms with E-state index in [2.05, 4.69) is 5.10 Å². The summed E-state index contributed by atoms with van der Waals surface area (Å²) in [6, 6.07) is 12.9. The third-order valence-electron chi connectivity index (χ3n) is 4.67. The molecule has 0 saturated carbocycles. The maximum atomic E-state index is 12.8. The average molecular weight is 402 g/mol. The summed E-state index contributed by atoms with van der Waals surface area (Å²) in [5, 5.41) is 4.29. The van der Waals surface area contributed by atoms with E-state index in [1.54, 1.807) is 17.8 Å². The molecule has 0 amide bonds. The number of rotatable bonds is 6. The summed E-state index contributed by atoms with van der Waals surface area (Å²) in [5.74, 6) is -0.358. The van der Waals surface area contributed by atoms with Crippen LogP contribution in [-0.4, -0.2) is 22.4 Å². The number of nitrogens with zero attached hydrogens (tertiary/aromatic N) is 2. The van der Waals surface area contributed by atoms with Crippen LogP contribution in [0.15, 0.2) is 54.7 Å². The first-order chi connectivity index (χ1) is 13.8. The van der Waals surface area contributed by atoms with Gasteiger partial charge in [-0.1, -0.05) is 36.4 Å². The van der Waals surface area contributed by atoms with Gasteiger partial charge in [-0.3, -0.25) is 9.48 Å². The summed E-state index contributed by atoms with van der Waals surface area (Å²) in [6.45, 7) is 3.95. The van der Waals surface area contributed by atoms with E-state index in [0.29, 0.717) is 13.0 Å². The largest absolute Gasteiger partial charge is 0.465 e. The van der Waals surface area contributed by atoms with E-state index in [0.717, 1.165) is 40.1 Å². The second-order valence-corrected chi connectivity index (χ2v) is 6.63. The van der Waals surface area contributed by atoms with E-state index < -0.39 is 11.7 Å². The summed E-state index contributed by atoms with van der Waals surface area (Å²) in [6.07, 6.45) is -2.17. The molecule has 1 aromatic heterocycles. The van der Waals surface area contributed by atoms with Gasteiger partial charge in [0.15, 0.2) is 0 Å². The van der Waals surface area contributed by atoms with Crippen molar-refractivity contribution in [1.82, 2.24) is 9.78 Å². The molecule has 1 heterocycles. The molecule has 152 valence electrons. The van der Waals surface area contributed by atoms with Crippen LogP contribution in [0.1, 0.15) is 29.3 Å². The zero-order valence-electron chi connectivity index (χ0n) is 16.2. The van der Waals surface area contributed by atoms with Crippen LogP contribution in [0.4, 0.5) is 13.2 Å². The topological polar surface area (TPSA) is 44.1 Å². The predicted octanol–water partition coefficient (Wildman–Crippen LogP) is 5.03. The minimum atomic E-state index is -4.35. The van der Waals surface area contributed by atoms with Crippen LogP contribution in [0.25, 0.3) is 11.1 Å². The molecule has 0 aliphatic carbocycles. The molecule has 0 atom stereocenters. The van der Waals surface area contributed by atoms with Gasteiger partial charge in [-0.15, -0.1) is 0 Å². The second-order valence-electron chi connectivity index (χ2n) is 6.63.